The van der Waals surface area contributed by atoms with Crippen LogP contribution in [0.2, 0.25) is 0 Å². The first-order valence-electron chi connectivity index (χ1n) is 7.06. The molecule has 0 amide bonds. The Labute approximate surface area is 134 Å². The lowest BCUT2D eigenvalue weighted by atomic mass is 10.1. The maximum absolute atomic E-state index is 11.5. The van der Waals surface area contributed by atoms with Crippen LogP contribution in [0, 0.1) is 11.3 Å². The van der Waals surface area contributed by atoms with E-state index in [0.29, 0.717) is 11.1 Å². The first kappa shape index (κ1) is 14.7. The second-order valence-electron chi connectivity index (χ2n) is 5.15. The molecule has 1 aromatic carbocycles. The van der Waals surface area contributed by atoms with Gasteiger partial charge in [0, 0.05) is 36.9 Å². The zero-order chi connectivity index (χ0) is 16.4. The fourth-order valence-corrected chi connectivity index (χ4v) is 2.53. The molecule has 3 aromatic rings. The minimum Gasteiger partial charge on any atom is -0.465 e. The SMILES string of the molecule is COC(=O)c1ccc(-n2cc(C#N)c(-c3cccn3C)c2)cc1. The van der Waals surface area contributed by atoms with Crippen LogP contribution in [0.5, 0.6) is 0 Å². The van der Waals surface area contributed by atoms with Crippen LogP contribution in [0.25, 0.3) is 16.9 Å². The topological polar surface area (TPSA) is 59.9 Å². The fraction of sp³-hybridized carbons (Fsp3) is 0.111. The first-order chi connectivity index (χ1) is 11.1. The van der Waals surface area contributed by atoms with Gasteiger partial charge >= 0.3 is 5.97 Å². The highest BCUT2D eigenvalue weighted by atomic mass is 16.5. The number of ether oxygens (including phenoxy) is 1. The molecule has 0 bridgehead atoms. The summed E-state index contributed by atoms with van der Waals surface area (Å²) in [5.74, 6) is -0.369. The predicted molar refractivity (Wildman–Crippen MR) is 86.2 cm³/mol. The fourth-order valence-electron chi connectivity index (χ4n) is 2.53. The van der Waals surface area contributed by atoms with E-state index < -0.39 is 0 Å². The third-order valence-electron chi connectivity index (χ3n) is 3.75. The van der Waals surface area contributed by atoms with Gasteiger partial charge in [-0.05, 0) is 36.4 Å². The molecule has 0 spiro atoms. The predicted octanol–water partition coefficient (Wildman–Crippen LogP) is 3.14. The van der Waals surface area contributed by atoms with E-state index in [4.69, 9.17) is 4.74 Å². The van der Waals surface area contributed by atoms with Crippen LogP contribution < -0.4 is 0 Å². The van der Waals surface area contributed by atoms with Crippen molar-refractivity contribution in [1.82, 2.24) is 9.13 Å². The van der Waals surface area contributed by atoms with E-state index >= 15 is 0 Å². The van der Waals surface area contributed by atoms with E-state index in [2.05, 4.69) is 6.07 Å². The molecule has 0 saturated heterocycles. The van der Waals surface area contributed by atoms with Crippen LogP contribution >= 0.6 is 0 Å². The number of carbonyl (C=O) groups is 1. The minimum absolute atomic E-state index is 0.369. The highest BCUT2D eigenvalue weighted by Gasteiger charge is 2.12. The van der Waals surface area contributed by atoms with Crippen molar-refractivity contribution in [2.24, 2.45) is 7.05 Å². The van der Waals surface area contributed by atoms with Crippen molar-refractivity contribution in [2.45, 2.75) is 0 Å². The van der Waals surface area contributed by atoms with Crippen LogP contribution in [-0.4, -0.2) is 22.2 Å². The van der Waals surface area contributed by atoms with Crippen LogP contribution in [-0.2, 0) is 11.8 Å². The average Bonchev–Trinajstić information content (AvgIpc) is 3.19. The Morgan fingerprint density at radius 3 is 2.48 bits per heavy atom. The lowest BCUT2D eigenvalue weighted by Crippen LogP contribution is -2.01. The van der Waals surface area contributed by atoms with Crippen molar-refractivity contribution in [3.8, 4) is 23.0 Å². The largest absolute Gasteiger partial charge is 0.465 e. The number of nitrogens with zero attached hydrogens (tertiary/aromatic N) is 3. The molecule has 0 aliphatic heterocycles. The maximum Gasteiger partial charge on any atom is 0.337 e. The second-order valence-corrected chi connectivity index (χ2v) is 5.15. The number of methoxy groups -OCH3 is 1. The molecule has 23 heavy (non-hydrogen) atoms. The van der Waals surface area contributed by atoms with Gasteiger partial charge in [-0.1, -0.05) is 0 Å². The molecular weight excluding hydrogens is 290 g/mol. The lowest BCUT2D eigenvalue weighted by Gasteiger charge is -2.04. The summed E-state index contributed by atoms with van der Waals surface area (Å²) in [6.45, 7) is 0. The zero-order valence-electron chi connectivity index (χ0n) is 12.9. The highest BCUT2D eigenvalue weighted by molar-refractivity contribution is 5.89. The van der Waals surface area contributed by atoms with Crippen molar-refractivity contribution in [2.75, 3.05) is 7.11 Å². The van der Waals surface area contributed by atoms with Gasteiger partial charge in [0.25, 0.3) is 0 Å². The number of esters is 1. The van der Waals surface area contributed by atoms with Gasteiger partial charge in [-0.2, -0.15) is 5.26 Å². The van der Waals surface area contributed by atoms with Gasteiger partial charge in [0.05, 0.1) is 23.9 Å². The molecule has 0 radical (unpaired) electrons. The monoisotopic (exact) mass is 305 g/mol. The third kappa shape index (κ3) is 2.62. The van der Waals surface area contributed by atoms with Crippen molar-refractivity contribution in [1.29, 1.82) is 5.26 Å². The summed E-state index contributed by atoms with van der Waals surface area (Å²) in [6, 6.07) is 13.2. The Kier molecular flexibility index (Phi) is 3.73. The Hall–Kier alpha value is -3.26. The van der Waals surface area contributed by atoms with Crippen molar-refractivity contribution >= 4 is 5.97 Å². The average molecular weight is 305 g/mol. The van der Waals surface area contributed by atoms with Crippen LogP contribution in [0.1, 0.15) is 15.9 Å². The van der Waals surface area contributed by atoms with Gasteiger partial charge < -0.3 is 13.9 Å². The van der Waals surface area contributed by atoms with Gasteiger partial charge in [-0.3, -0.25) is 0 Å². The Bertz CT molecular complexity index is 895. The molecule has 0 atom stereocenters. The van der Waals surface area contributed by atoms with E-state index in [1.807, 2.05) is 52.8 Å². The summed E-state index contributed by atoms with van der Waals surface area (Å²) in [5.41, 5.74) is 3.81. The number of hydrogen-bond donors (Lipinski definition) is 0. The Morgan fingerprint density at radius 1 is 1.17 bits per heavy atom. The smallest absolute Gasteiger partial charge is 0.337 e. The van der Waals surface area contributed by atoms with Crippen LogP contribution in [0.15, 0.2) is 55.0 Å². The van der Waals surface area contributed by atoms with E-state index in [1.165, 1.54) is 7.11 Å². The van der Waals surface area contributed by atoms with Crippen LogP contribution in [0.3, 0.4) is 0 Å². The molecule has 0 saturated carbocycles. The maximum atomic E-state index is 11.5. The van der Waals surface area contributed by atoms with E-state index in [9.17, 15) is 10.1 Å². The van der Waals surface area contributed by atoms with E-state index in [0.717, 1.165) is 16.9 Å². The molecule has 2 heterocycles. The Morgan fingerprint density at radius 2 is 1.91 bits per heavy atom. The molecule has 0 aliphatic carbocycles. The summed E-state index contributed by atoms with van der Waals surface area (Å²) in [4.78, 5) is 11.5. The standard InChI is InChI=1S/C18H15N3O2/c1-20-9-3-4-17(20)16-12-21(11-14(16)10-19)15-7-5-13(6-8-15)18(22)23-2/h3-9,11-12H,1-2H3. The molecule has 0 aliphatic rings. The molecular formula is C18H15N3O2. The number of rotatable bonds is 3. The summed E-state index contributed by atoms with van der Waals surface area (Å²) in [7, 11) is 3.30. The quantitative estimate of drug-likeness (QED) is 0.698. The van der Waals surface area contributed by atoms with E-state index in [-0.39, 0.29) is 5.97 Å². The van der Waals surface area contributed by atoms with Gasteiger partial charge in [-0.25, -0.2) is 4.79 Å². The zero-order valence-corrected chi connectivity index (χ0v) is 12.9. The Balaban J connectivity index is 2.02. The lowest BCUT2D eigenvalue weighted by molar-refractivity contribution is 0.0601. The van der Waals surface area contributed by atoms with E-state index in [1.54, 1.807) is 18.3 Å². The van der Waals surface area contributed by atoms with Gasteiger partial charge in [0.1, 0.15) is 6.07 Å². The first-order valence-corrected chi connectivity index (χ1v) is 7.06. The number of benzene rings is 1. The molecule has 114 valence electrons. The summed E-state index contributed by atoms with van der Waals surface area (Å²) >= 11 is 0. The third-order valence-corrected chi connectivity index (χ3v) is 3.75. The molecule has 3 rings (SSSR count). The van der Waals surface area contributed by atoms with Crippen molar-refractivity contribution < 1.29 is 9.53 Å². The molecule has 0 unspecified atom stereocenters. The highest BCUT2D eigenvalue weighted by Crippen LogP contribution is 2.26. The number of aromatic nitrogens is 2. The summed E-state index contributed by atoms with van der Waals surface area (Å²) < 4.78 is 8.54. The molecule has 5 heteroatoms. The normalized spacial score (nSPS) is 10.3. The van der Waals surface area contributed by atoms with Gasteiger partial charge in [0.15, 0.2) is 0 Å². The van der Waals surface area contributed by atoms with Gasteiger partial charge in [0.2, 0.25) is 0 Å². The summed E-state index contributed by atoms with van der Waals surface area (Å²) in [5, 5.41) is 9.38. The number of carbonyl (C=O) groups excluding carboxylic acids is 1. The van der Waals surface area contributed by atoms with Crippen LogP contribution in [0.4, 0.5) is 0 Å². The van der Waals surface area contributed by atoms with Crippen molar-refractivity contribution in [3.05, 3.63) is 66.1 Å². The number of hydrogen-bond acceptors (Lipinski definition) is 3. The summed E-state index contributed by atoms with van der Waals surface area (Å²) in [6.07, 6.45) is 5.65. The molecule has 2 aromatic heterocycles. The number of nitriles is 1. The number of aryl methyl sites for hydroxylation is 1. The molecule has 5 nitrogen and oxygen atoms in total. The van der Waals surface area contributed by atoms with Crippen molar-refractivity contribution in [3.63, 3.8) is 0 Å². The minimum atomic E-state index is -0.369. The van der Waals surface area contributed by atoms with Gasteiger partial charge in [-0.15, -0.1) is 0 Å². The second kappa shape index (κ2) is 5.85. The molecule has 0 N–H and O–H groups in total. The molecule has 0 fully saturated rings.